The van der Waals surface area contributed by atoms with Crippen LogP contribution in [0.15, 0.2) is 35.1 Å². The third-order valence-electron chi connectivity index (χ3n) is 2.19. The maximum atomic E-state index is 10.9. The molecule has 0 aliphatic heterocycles. The highest BCUT2D eigenvalue weighted by Crippen LogP contribution is 2.28. The topological polar surface area (TPSA) is 83.8 Å². The number of rotatable bonds is 4. The summed E-state index contributed by atoms with van der Waals surface area (Å²) < 4.78 is 0.679. The summed E-state index contributed by atoms with van der Waals surface area (Å²) >= 11 is 3.21. The lowest BCUT2D eigenvalue weighted by atomic mass is 10.2. The first-order chi connectivity index (χ1) is 8.16. The van der Waals surface area contributed by atoms with Crippen LogP contribution in [0, 0.1) is 10.1 Å². The van der Waals surface area contributed by atoms with E-state index in [1.54, 1.807) is 24.5 Å². The van der Waals surface area contributed by atoms with Gasteiger partial charge in [0.05, 0.1) is 11.1 Å². The largest absolute Gasteiger partial charge is 0.375 e. The van der Waals surface area contributed by atoms with E-state index < -0.39 is 4.92 Å². The summed E-state index contributed by atoms with van der Waals surface area (Å²) in [5.41, 5.74) is 1.46. The molecule has 0 bridgehead atoms. The van der Waals surface area contributed by atoms with Crippen LogP contribution in [0.5, 0.6) is 0 Å². The van der Waals surface area contributed by atoms with Crippen molar-refractivity contribution in [2.45, 2.75) is 6.54 Å². The normalized spacial score (nSPS) is 10.2. The van der Waals surface area contributed by atoms with Crippen molar-refractivity contribution in [3.63, 3.8) is 0 Å². The molecule has 2 N–H and O–H groups in total. The highest BCUT2D eigenvalue weighted by Gasteiger charge is 2.13. The van der Waals surface area contributed by atoms with E-state index in [0.717, 1.165) is 5.56 Å². The average Bonchev–Trinajstić information content (AvgIpc) is 2.80. The summed E-state index contributed by atoms with van der Waals surface area (Å²) in [5.74, 6) is 0. The van der Waals surface area contributed by atoms with Gasteiger partial charge in [-0.15, -0.1) is 0 Å². The van der Waals surface area contributed by atoms with E-state index in [2.05, 4.69) is 31.4 Å². The molecule has 17 heavy (non-hydrogen) atoms. The SMILES string of the molecule is O=[N+]([O-])c1cc(Br)ccc1NCc1cn[nH]c1. The molecule has 0 spiro atoms. The van der Waals surface area contributed by atoms with Gasteiger partial charge in [0, 0.05) is 28.8 Å². The number of anilines is 1. The summed E-state index contributed by atoms with van der Waals surface area (Å²) in [6, 6.07) is 4.89. The number of nitrogens with zero attached hydrogens (tertiary/aromatic N) is 2. The molecule has 0 aliphatic carbocycles. The smallest absolute Gasteiger partial charge is 0.293 e. The van der Waals surface area contributed by atoms with Gasteiger partial charge in [-0.2, -0.15) is 5.10 Å². The van der Waals surface area contributed by atoms with Crippen LogP contribution in [0.4, 0.5) is 11.4 Å². The molecule has 0 saturated heterocycles. The van der Waals surface area contributed by atoms with Crippen molar-refractivity contribution < 1.29 is 4.92 Å². The van der Waals surface area contributed by atoms with Crippen LogP contribution in [-0.4, -0.2) is 15.1 Å². The number of hydrogen-bond acceptors (Lipinski definition) is 4. The highest BCUT2D eigenvalue weighted by atomic mass is 79.9. The van der Waals surface area contributed by atoms with Gasteiger partial charge in [-0.25, -0.2) is 0 Å². The van der Waals surface area contributed by atoms with Crippen LogP contribution < -0.4 is 5.32 Å². The number of nitro groups is 1. The fraction of sp³-hybridized carbons (Fsp3) is 0.100. The van der Waals surface area contributed by atoms with Gasteiger partial charge in [-0.3, -0.25) is 15.2 Å². The van der Waals surface area contributed by atoms with Gasteiger partial charge in [0.25, 0.3) is 5.69 Å². The zero-order valence-corrected chi connectivity index (χ0v) is 10.3. The second-order valence-electron chi connectivity index (χ2n) is 3.38. The zero-order chi connectivity index (χ0) is 12.3. The number of aromatic nitrogens is 2. The van der Waals surface area contributed by atoms with Crippen LogP contribution in [0.25, 0.3) is 0 Å². The number of nitrogens with one attached hydrogen (secondary N) is 2. The molecular weight excluding hydrogens is 288 g/mol. The summed E-state index contributed by atoms with van der Waals surface area (Å²) in [5, 5.41) is 20.3. The molecule has 2 aromatic rings. The predicted molar refractivity (Wildman–Crippen MR) is 66.7 cm³/mol. The molecule has 6 nitrogen and oxygen atoms in total. The Morgan fingerprint density at radius 1 is 1.53 bits per heavy atom. The van der Waals surface area contributed by atoms with Crippen LogP contribution >= 0.6 is 15.9 Å². The van der Waals surface area contributed by atoms with Crippen molar-refractivity contribution in [3.05, 3.63) is 50.7 Å². The molecule has 1 aromatic carbocycles. The number of benzene rings is 1. The Morgan fingerprint density at radius 3 is 3.00 bits per heavy atom. The Labute approximate surface area is 105 Å². The Bertz CT molecular complexity index is 527. The van der Waals surface area contributed by atoms with E-state index in [-0.39, 0.29) is 5.69 Å². The highest BCUT2D eigenvalue weighted by molar-refractivity contribution is 9.10. The minimum Gasteiger partial charge on any atom is -0.375 e. The lowest BCUT2D eigenvalue weighted by molar-refractivity contribution is -0.384. The summed E-state index contributed by atoms with van der Waals surface area (Å²) in [6.45, 7) is 0.485. The quantitative estimate of drug-likeness (QED) is 0.671. The van der Waals surface area contributed by atoms with Crippen LogP contribution in [0.3, 0.4) is 0 Å². The van der Waals surface area contributed by atoms with Crippen molar-refractivity contribution >= 4 is 27.3 Å². The summed E-state index contributed by atoms with van der Waals surface area (Å²) in [7, 11) is 0. The lowest BCUT2D eigenvalue weighted by Gasteiger charge is -2.05. The van der Waals surface area contributed by atoms with Crippen LogP contribution in [0.1, 0.15) is 5.56 Å². The molecule has 0 unspecified atom stereocenters. The predicted octanol–water partition coefficient (Wildman–Crippen LogP) is 2.69. The maximum absolute atomic E-state index is 10.9. The zero-order valence-electron chi connectivity index (χ0n) is 8.68. The number of nitro benzene ring substituents is 1. The molecule has 0 atom stereocenters. The van der Waals surface area contributed by atoms with E-state index >= 15 is 0 Å². The van der Waals surface area contributed by atoms with Crippen molar-refractivity contribution in [3.8, 4) is 0 Å². The van der Waals surface area contributed by atoms with Gasteiger partial charge in [-0.1, -0.05) is 15.9 Å². The Kier molecular flexibility index (Phi) is 3.38. The number of halogens is 1. The standard InChI is InChI=1S/C10H9BrN4O2/c11-8-1-2-9(10(3-8)15(16)17)12-4-7-5-13-14-6-7/h1-3,5-6,12H,4H2,(H,13,14). The first kappa shape index (κ1) is 11.6. The van der Waals surface area contributed by atoms with E-state index in [4.69, 9.17) is 0 Å². The first-order valence-electron chi connectivity index (χ1n) is 4.82. The maximum Gasteiger partial charge on any atom is 0.293 e. The lowest BCUT2D eigenvalue weighted by Crippen LogP contribution is -2.01. The summed E-state index contributed by atoms with van der Waals surface area (Å²) in [4.78, 5) is 10.4. The molecule has 88 valence electrons. The van der Waals surface area contributed by atoms with Crippen LogP contribution in [-0.2, 0) is 6.54 Å². The van der Waals surface area contributed by atoms with E-state index in [1.807, 2.05) is 0 Å². The van der Waals surface area contributed by atoms with Gasteiger partial charge in [0.1, 0.15) is 5.69 Å². The minimum atomic E-state index is -0.414. The van der Waals surface area contributed by atoms with Crippen molar-refractivity contribution in [2.75, 3.05) is 5.32 Å². The molecule has 0 fully saturated rings. The second kappa shape index (κ2) is 4.96. The number of hydrogen-bond donors (Lipinski definition) is 2. The molecule has 0 radical (unpaired) electrons. The minimum absolute atomic E-state index is 0.0443. The molecule has 2 rings (SSSR count). The van der Waals surface area contributed by atoms with Crippen LogP contribution in [0.2, 0.25) is 0 Å². The average molecular weight is 297 g/mol. The monoisotopic (exact) mass is 296 g/mol. The third kappa shape index (κ3) is 2.82. The number of H-pyrrole nitrogens is 1. The van der Waals surface area contributed by atoms with E-state index in [0.29, 0.717) is 16.7 Å². The van der Waals surface area contributed by atoms with Gasteiger partial charge in [-0.05, 0) is 12.1 Å². The van der Waals surface area contributed by atoms with E-state index in [1.165, 1.54) is 6.07 Å². The third-order valence-corrected chi connectivity index (χ3v) is 2.69. The van der Waals surface area contributed by atoms with Gasteiger partial charge in [0.2, 0.25) is 0 Å². The number of aromatic amines is 1. The Morgan fingerprint density at radius 2 is 2.35 bits per heavy atom. The molecule has 7 heteroatoms. The van der Waals surface area contributed by atoms with Gasteiger partial charge in [0.15, 0.2) is 0 Å². The molecular formula is C10H9BrN4O2. The van der Waals surface area contributed by atoms with Gasteiger partial charge < -0.3 is 5.32 Å². The van der Waals surface area contributed by atoms with Crippen molar-refractivity contribution in [1.82, 2.24) is 10.2 Å². The second-order valence-corrected chi connectivity index (χ2v) is 4.29. The molecule has 0 saturated carbocycles. The fourth-order valence-electron chi connectivity index (χ4n) is 1.38. The summed E-state index contributed by atoms with van der Waals surface area (Å²) in [6.07, 6.45) is 3.40. The molecule has 1 aromatic heterocycles. The molecule has 0 aliphatic rings. The fourth-order valence-corrected chi connectivity index (χ4v) is 1.73. The molecule has 1 heterocycles. The Hall–Kier alpha value is -1.89. The Balaban J connectivity index is 2.17. The van der Waals surface area contributed by atoms with Crippen molar-refractivity contribution in [1.29, 1.82) is 0 Å². The van der Waals surface area contributed by atoms with Crippen molar-refractivity contribution in [2.24, 2.45) is 0 Å². The van der Waals surface area contributed by atoms with E-state index in [9.17, 15) is 10.1 Å². The first-order valence-corrected chi connectivity index (χ1v) is 5.61. The van der Waals surface area contributed by atoms with Gasteiger partial charge >= 0.3 is 0 Å². The molecule has 0 amide bonds.